The molecule has 2 aromatic heterocycles. The van der Waals surface area contributed by atoms with Crippen molar-refractivity contribution in [2.75, 3.05) is 11.9 Å². The number of pyridine rings is 2. The summed E-state index contributed by atoms with van der Waals surface area (Å²) < 4.78 is 0.699. The summed E-state index contributed by atoms with van der Waals surface area (Å²) in [6.07, 6.45) is 3.17. The molecule has 0 bridgehead atoms. The van der Waals surface area contributed by atoms with Crippen molar-refractivity contribution >= 4 is 39.3 Å². The number of rotatable bonds is 2. The van der Waals surface area contributed by atoms with Crippen LogP contribution in [0.3, 0.4) is 0 Å². The first kappa shape index (κ1) is 13.0. The third-order valence-electron chi connectivity index (χ3n) is 2.33. The molecule has 0 fully saturated rings. The molecular weight excluding hydrogens is 318 g/mol. The van der Waals surface area contributed by atoms with Crippen LogP contribution in [-0.4, -0.2) is 22.9 Å². The highest BCUT2D eigenvalue weighted by molar-refractivity contribution is 9.10. The topological polar surface area (TPSA) is 46.1 Å². The number of aromatic nitrogens is 2. The van der Waals surface area contributed by atoms with Gasteiger partial charge in [0.2, 0.25) is 0 Å². The van der Waals surface area contributed by atoms with Crippen LogP contribution in [0.2, 0.25) is 5.15 Å². The fourth-order valence-corrected chi connectivity index (χ4v) is 1.92. The van der Waals surface area contributed by atoms with Gasteiger partial charge in [0.15, 0.2) is 0 Å². The molecule has 0 N–H and O–H groups in total. The third-order valence-corrected chi connectivity index (χ3v) is 3.07. The van der Waals surface area contributed by atoms with E-state index >= 15 is 0 Å². The van der Waals surface area contributed by atoms with Crippen LogP contribution in [0.25, 0.3) is 0 Å². The number of carbonyl (C=O) groups excluding carboxylic acids is 1. The lowest BCUT2D eigenvalue weighted by atomic mass is 10.2. The van der Waals surface area contributed by atoms with Crippen molar-refractivity contribution in [3.05, 3.63) is 51.8 Å². The zero-order chi connectivity index (χ0) is 13.1. The predicted molar refractivity (Wildman–Crippen MR) is 73.9 cm³/mol. The quantitative estimate of drug-likeness (QED) is 0.796. The zero-order valence-corrected chi connectivity index (χ0v) is 11.8. The molecule has 4 nitrogen and oxygen atoms in total. The van der Waals surface area contributed by atoms with E-state index in [-0.39, 0.29) is 11.1 Å². The van der Waals surface area contributed by atoms with Gasteiger partial charge in [-0.1, -0.05) is 17.7 Å². The summed E-state index contributed by atoms with van der Waals surface area (Å²) in [7, 11) is 1.64. The molecule has 1 amide bonds. The maximum Gasteiger partial charge on any atom is 0.262 e. The Morgan fingerprint density at radius 1 is 1.39 bits per heavy atom. The largest absolute Gasteiger partial charge is 0.296 e. The number of hydrogen-bond acceptors (Lipinski definition) is 3. The van der Waals surface area contributed by atoms with Crippen LogP contribution < -0.4 is 4.90 Å². The second-order valence-corrected chi connectivity index (χ2v) is 4.82. The highest BCUT2D eigenvalue weighted by Crippen LogP contribution is 2.21. The minimum Gasteiger partial charge on any atom is -0.296 e. The fourth-order valence-electron chi connectivity index (χ4n) is 1.41. The number of carbonyl (C=O) groups is 1. The Bertz CT molecular complexity index is 577. The van der Waals surface area contributed by atoms with Crippen LogP contribution in [0.5, 0.6) is 0 Å². The zero-order valence-electron chi connectivity index (χ0n) is 9.47. The lowest BCUT2D eigenvalue weighted by Crippen LogP contribution is -2.27. The first-order valence-corrected chi connectivity index (χ1v) is 6.27. The number of halogens is 2. The summed E-state index contributed by atoms with van der Waals surface area (Å²) in [6, 6.07) is 6.98. The number of hydrogen-bond donors (Lipinski definition) is 0. The van der Waals surface area contributed by atoms with Crippen LogP contribution in [-0.2, 0) is 0 Å². The summed E-state index contributed by atoms with van der Waals surface area (Å²) in [5.74, 6) is 0.297. The van der Waals surface area contributed by atoms with Crippen LogP contribution in [0.4, 0.5) is 5.82 Å². The molecule has 0 spiro atoms. The lowest BCUT2D eigenvalue weighted by Gasteiger charge is -2.16. The van der Waals surface area contributed by atoms with Crippen LogP contribution in [0.1, 0.15) is 10.4 Å². The molecule has 0 unspecified atom stereocenters. The molecule has 0 aliphatic heterocycles. The molecule has 2 aromatic rings. The average Bonchev–Trinajstić information content (AvgIpc) is 2.41. The minimum atomic E-state index is -0.257. The van der Waals surface area contributed by atoms with Gasteiger partial charge in [-0.15, -0.1) is 0 Å². The molecule has 0 radical (unpaired) electrons. The van der Waals surface area contributed by atoms with E-state index in [1.807, 2.05) is 6.07 Å². The van der Waals surface area contributed by atoms with E-state index in [0.29, 0.717) is 15.9 Å². The van der Waals surface area contributed by atoms with Gasteiger partial charge in [-0.05, 0) is 34.1 Å². The van der Waals surface area contributed by atoms with Crippen LogP contribution in [0.15, 0.2) is 41.1 Å². The molecular formula is C12H9BrClN3O. The molecule has 2 rings (SSSR count). The Morgan fingerprint density at radius 3 is 2.83 bits per heavy atom. The smallest absolute Gasteiger partial charge is 0.262 e. The molecule has 92 valence electrons. The van der Waals surface area contributed by atoms with Crippen molar-refractivity contribution in [2.24, 2.45) is 0 Å². The SMILES string of the molecule is CN(C(=O)c1cc(Br)cnc1Cl)c1ccccn1. The van der Waals surface area contributed by atoms with Gasteiger partial charge in [-0.2, -0.15) is 0 Å². The standard InChI is InChI=1S/C12H9BrClN3O/c1-17(10-4-2-3-5-15-10)12(18)9-6-8(13)7-16-11(9)14/h2-7H,1H3. The number of nitrogens with zero attached hydrogens (tertiary/aromatic N) is 3. The van der Waals surface area contributed by atoms with Crippen LogP contribution >= 0.6 is 27.5 Å². The van der Waals surface area contributed by atoms with Gasteiger partial charge in [-0.3, -0.25) is 9.69 Å². The number of anilines is 1. The first-order valence-electron chi connectivity index (χ1n) is 5.09. The molecule has 0 atom stereocenters. The van der Waals surface area contributed by atoms with Gasteiger partial charge in [0.05, 0.1) is 5.56 Å². The van der Waals surface area contributed by atoms with E-state index in [1.165, 1.54) is 4.90 Å². The van der Waals surface area contributed by atoms with Gasteiger partial charge >= 0.3 is 0 Å². The van der Waals surface area contributed by atoms with Gasteiger partial charge in [0.1, 0.15) is 11.0 Å². The molecule has 6 heteroatoms. The van der Waals surface area contributed by atoms with E-state index in [0.717, 1.165) is 0 Å². The van der Waals surface area contributed by atoms with E-state index in [2.05, 4.69) is 25.9 Å². The Labute approximate surface area is 118 Å². The van der Waals surface area contributed by atoms with Crippen molar-refractivity contribution in [2.45, 2.75) is 0 Å². The maximum absolute atomic E-state index is 12.3. The minimum absolute atomic E-state index is 0.172. The average molecular weight is 327 g/mol. The van der Waals surface area contributed by atoms with Crippen LogP contribution in [0, 0.1) is 0 Å². The summed E-state index contributed by atoms with van der Waals surface area (Å²) in [6.45, 7) is 0. The molecule has 0 saturated heterocycles. The van der Waals surface area contributed by atoms with Gasteiger partial charge in [0.25, 0.3) is 5.91 Å². The van der Waals surface area contributed by atoms with E-state index in [4.69, 9.17) is 11.6 Å². The summed E-state index contributed by atoms with van der Waals surface area (Å²) >= 11 is 9.19. The summed E-state index contributed by atoms with van der Waals surface area (Å²) in [4.78, 5) is 21.7. The second-order valence-electron chi connectivity index (χ2n) is 3.54. The molecule has 0 aliphatic rings. The Balaban J connectivity index is 2.34. The lowest BCUT2D eigenvalue weighted by molar-refractivity contribution is 0.0992. The van der Waals surface area contributed by atoms with Crippen molar-refractivity contribution < 1.29 is 4.79 Å². The first-order chi connectivity index (χ1) is 8.59. The summed E-state index contributed by atoms with van der Waals surface area (Å²) in [5, 5.41) is 0.172. The highest BCUT2D eigenvalue weighted by Gasteiger charge is 2.18. The fraction of sp³-hybridized carbons (Fsp3) is 0.0833. The normalized spacial score (nSPS) is 10.2. The molecule has 0 saturated carbocycles. The third kappa shape index (κ3) is 2.68. The number of amides is 1. The van der Waals surface area contributed by atoms with E-state index in [9.17, 15) is 4.79 Å². The Hall–Kier alpha value is -1.46. The van der Waals surface area contributed by atoms with Gasteiger partial charge in [0, 0.05) is 23.9 Å². The molecule has 18 heavy (non-hydrogen) atoms. The monoisotopic (exact) mass is 325 g/mol. The van der Waals surface area contributed by atoms with Crippen molar-refractivity contribution in [3.8, 4) is 0 Å². The second kappa shape index (κ2) is 5.46. The van der Waals surface area contributed by atoms with E-state index < -0.39 is 0 Å². The van der Waals surface area contributed by atoms with Crippen molar-refractivity contribution in [1.82, 2.24) is 9.97 Å². The Kier molecular flexibility index (Phi) is 3.93. The van der Waals surface area contributed by atoms with E-state index in [1.54, 1.807) is 37.6 Å². The van der Waals surface area contributed by atoms with Crippen molar-refractivity contribution in [1.29, 1.82) is 0 Å². The highest BCUT2D eigenvalue weighted by atomic mass is 79.9. The molecule has 0 aliphatic carbocycles. The van der Waals surface area contributed by atoms with Gasteiger partial charge in [-0.25, -0.2) is 9.97 Å². The molecule has 2 heterocycles. The maximum atomic E-state index is 12.3. The van der Waals surface area contributed by atoms with Crippen molar-refractivity contribution in [3.63, 3.8) is 0 Å². The summed E-state index contributed by atoms with van der Waals surface area (Å²) in [5.41, 5.74) is 0.333. The van der Waals surface area contributed by atoms with Gasteiger partial charge < -0.3 is 0 Å². The predicted octanol–water partition coefficient (Wildman–Crippen LogP) is 3.17. The Morgan fingerprint density at radius 2 is 2.17 bits per heavy atom. The molecule has 0 aromatic carbocycles.